The van der Waals surface area contributed by atoms with Crippen molar-refractivity contribution in [2.75, 3.05) is 0 Å². The number of hydrogen-bond acceptors (Lipinski definition) is 3. The molecule has 0 aliphatic carbocycles. The van der Waals surface area contributed by atoms with E-state index in [-0.39, 0.29) is 22.6 Å². The fourth-order valence-electron chi connectivity index (χ4n) is 3.91. The van der Waals surface area contributed by atoms with Crippen molar-refractivity contribution < 1.29 is 28.2 Å². The second-order valence-corrected chi connectivity index (χ2v) is 9.00. The number of amides is 1. The van der Waals surface area contributed by atoms with Crippen LogP contribution in [0.25, 0.3) is 0 Å². The number of hydrogen-bond donors (Lipinski definition) is 2. The molecule has 0 saturated carbocycles. The zero-order valence-corrected chi connectivity index (χ0v) is 21.0. The van der Waals surface area contributed by atoms with Crippen LogP contribution in [0.3, 0.4) is 0 Å². The summed E-state index contributed by atoms with van der Waals surface area (Å²) in [6.45, 7) is 5.73. The maximum absolute atomic E-state index is 12.9. The summed E-state index contributed by atoms with van der Waals surface area (Å²) >= 11 is 6.07. The molecule has 0 heterocycles. The van der Waals surface area contributed by atoms with Gasteiger partial charge in [0.05, 0.1) is 16.6 Å². The third-order valence-electron chi connectivity index (χ3n) is 5.81. The molecule has 8 heteroatoms. The summed E-state index contributed by atoms with van der Waals surface area (Å²) in [5, 5.41) is 11.8. The lowest BCUT2D eigenvalue weighted by atomic mass is 10.0. The fourth-order valence-corrected chi connectivity index (χ4v) is 4.19. The van der Waals surface area contributed by atoms with E-state index >= 15 is 0 Å². The molecule has 0 aromatic heterocycles. The molecule has 2 N–H and O–H groups in total. The molecule has 1 unspecified atom stereocenters. The Kier molecular flexibility index (Phi) is 9.04. The lowest BCUT2D eigenvalue weighted by Crippen LogP contribution is -2.27. The van der Waals surface area contributed by atoms with E-state index in [0.717, 1.165) is 34.7 Å². The molecule has 1 amide bonds. The predicted octanol–water partition coefficient (Wildman–Crippen LogP) is 7.45. The van der Waals surface area contributed by atoms with E-state index in [1.54, 1.807) is 0 Å². The van der Waals surface area contributed by atoms with Crippen LogP contribution < -0.4 is 10.1 Å². The van der Waals surface area contributed by atoms with Gasteiger partial charge in [0, 0.05) is 12.0 Å². The standard InChI is InChI=1S/C28H28ClF2NO4/c1-4-18-13-22(8-5-19(18)7-10-26(33)34)36-23-12-16(2)11-21(14-23)17(3)32-28(35)24-9-6-20(27(30)31)15-25(24)29/h5-6,8-9,11-15,17,27H,4,7,10H2,1-3H3,(H,32,35)(H,33,34). The molecule has 0 radical (unpaired) electrons. The van der Waals surface area contributed by atoms with Crippen molar-refractivity contribution in [3.63, 3.8) is 0 Å². The number of carbonyl (C=O) groups excluding carboxylic acids is 1. The van der Waals surface area contributed by atoms with E-state index in [9.17, 15) is 18.4 Å². The van der Waals surface area contributed by atoms with Gasteiger partial charge in [-0.05, 0) is 85.3 Å². The minimum Gasteiger partial charge on any atom is -0.481 e. The van der Waals surface area contributed by atoms with Crippen LogP contribution in [0.5, 0.6) is 11.5 Å². The smallest absolute Gasteiger partial charge is 0.303 e. The number of carboxylic acid groups (broad SMARTS) is 1. The average molecular weight is 516 g/mol. The van der Waals surface area contributed by atoms with Gasteiger partial charge < -0.3 is 15.2 Å². The number of ether oxygens (including phenoxy) is 1. The van der Waals surface area contributed by atoms with E-state index < -0.39 is 24.3 Å². The second kappa shape index (κ2) is 12.0. The van der Waals surface area contributed by atoms with Crippen LogP contribution in [0.15, 0.2) is 54.6 Å². The van der Waals surface area contributed by atoms with Crippen molar-refractivity contribution in [1.29, 1.82) is 0 Å². The molecule has 3 aromatic carbocycles. The number of alkyl halides is 2. The zero-order valence-electron chi connectivity index (χ0n) is 20.3. The summed E-state index contributed by atoms with van der Waals surface area (Å²) in [5.74, 6) is -0.0871. The molecule has 36 heavy (non-hydrogen) atoms. The van der Waals surface area contributed by atoms with E-state index in [4.69, 9.17) is 21.4 Å². The van der Waals surface area contributed by atoms with Crippen molar-refractivity contribution in [3.8, 4) is 11.5 Å². The van der Waals surface area contributed by atoms with Gasteiger partial charge in [-0.25, -0.2) is 8.78 Å². The Bertz CT molecular complexity index is 1260. The number of aliphatic carboxylic acids is 1. The predicted molar refractivity (Wildman–Crippen MR) is 135 cm³/mol. The van der Waals surface area contributed by atoms with E-state index in [1.165, 1.54) is 12.1 Å². The first kappa shape index (κ1) is 27.1. The first-order valence-electron chi connectivity index (χ1n) is 11.6. The molecule has 190 valence electrons. The number of nitrogens with one attached hydrogen (secondary N) is 1. The lowest BCUT2D eigenvalue weighted by molar-refractivity contribution is -0.136. The van der Waals surface area contributed by atoms with Crippen molar-refractivity contribution in [3.05, 3.63) is 93.0 Å². The van der Waals surface area contributed by atoms with Crippen LogP contribution in [0, 0.1) is 6.92 Å². The highest BCUT2D eigenvalue weighted by atomic mass is 35.5. The monoisotopic (exact) mass is 515 g/mol. The van der Waals surface area contributed by atoms with Gasteiger partial charge in [-0.1, -0.05) is 36.7 Å². The van der Waals surface area contributed by atoms with E-state index in [1.807, 2.05) is 57.2 Å². The van der Waals surface area contributed by atoms with Crippen LogP contribution in [-0.2, 0) is 17.6 Å². The minimum absolute atomic E-state index is 0.0377. The highest BCUT2D eigenvalue weighted by molar-refractivity contribution is 6.33. The summed E-state index contributed by atoms with van der Waals surface area (Å²) in [4.78, 5) is 23.7. The molecule has 3 rings (SSSR count). The Morgan fingerprint density at radius 1 is 1.00 bits per heavy atom. The van der Waals surface area contributed by atoms with Crippen LogP contribution in [0.4, 0.5) is 8.78 Å². The molecule has 3 aromatic rings. The highest BCUT2D eigenvalue weighted by Gasteiger charge is 2.18. The summed E-state index contributed by atoms with van der Waals surface area (Å²) in [6.07, 6.45) is -1.40. The maximum atomic E-state index is 12.9. The maximum Gasteiger partial charge on any atom is 0.303 e. The first-order valence-corrected chi connectivity index (χ1v) is 12.0. The van der Waals surface area contributed by atoms with Crippen molar-refractivity contribution in [2.24, 2.45) is 0 Å². The van der Waals surface area contributed by atoms with Crippen molar-refractivity contribution in [1.82, 2.24) is 5.32 Å². The normalized spacial score (nSPS) is 11.9. The number of carboxylic acids is 1. The number of rotatable bonds is 10. The van der Waals surface area contributed by atoms with Crippen LogP contribution in [0.1, 0.15) is 70.9 Å². The van der Waals surface area contributed by atoms with Crippen molar-refractivity contribution >= 4 is 23.5 Å². The Morgan fingerprint density at radius 3 is 2.39 bits per heavy atom. The summed E-state index contributed by atoms with van der Waals surface area (Å²) in [5.41, 5.74) is 3.60. The number of halogens is 3. The summed E-state index contributed by atoms with van der Waals surface area (Å²) in [6, 6.07) is 14.4. The van der Waals surface area contributed by atoms with Gasteiger partial charge in [0.25, 0.3) is 12.3 Å². The van der Waals surface area contributed by atoms with Crippen LogP contribution in [0.2, 0.25) is 5.02 Å². The summed E-state index contributed by atoms with van der Waals surface area (Å²) < 4.78 is 31.8. The number of carbonyl (C=O) groups is 2. The van der Waals surface area contributed by atoms with Gasteiger partial charge in [-0.3, -0.25) is 9.59 Å². The van der Waals surface area contributed by atoms with Gasteiger partial charge >= 0.3 is 5.97 Å². The topological polar surface area (TPSA) is 75.6 Å². The highest BCUT2D eigenvalue weighted by Crippen LogP contribution is 2.30. The second-order valence-electron chi connectivity index (χ2n) is 8.59. The third-order valence-corrected chi connectivity index (χ3v) is 6.13. The molecule has 5 nitrogen and oxygen atoms in total. The van der Waals surface area contributed by atoms with Gasteiger partial charge in [0.15, 0.2) is 0 Å². The molecule has 0 fully saturated rings. The van der Waals surface area contributed by atoms with Gasteiger partial charge in [0.1, 0.15) is 11.5 Å². The molecule has 0 spiro atoms. The third kappa shape index (κ3) is 7.04. The Balaban J connectivity index is 1.76. The first-order chi connectivity index (χ1) is 17.1. The molecular weight excluding hydrogens is 488 g/mol. The van der Waals surface area contributed by atoms with Gasteiger partial charge in [-0.2, -0.15) is 0 Å². The fraction of sp³-hybridized carbons (Fsp3) is 0.286. The summed E-state index contributed by atoms with van der Waals surface area (Å²) in [7, 11) is 0. The molecule has 0 saturated heterocycles. The van der Waals surface area contributed by atoms with Gasteiger partial charge in [-0.15, -0.1) is 0 Å². The number of benzene rings is 3. The molecule has 0 bridgehead atoms. The number of aryl methyl sites for hydroxylation is 3. The Morgan fingerprint density at radius 2 is 1.75 bits per heavy atom. The molecule has 0 aliphatic rings. The molecule has 0 aliphatic heterocycles. The largest absolute Gasteiger partial charge is 0.481 e. The van der Waals surface area contributed by atoms with Gasteiger partial charge in [0.2, 0.25) is 0 Å². The Hall–Kier alpha value is -3.45. The Labute approximate surface area is 214 Å². The van der Waals surface area contributed by atoms with Crippen molar-refractivity contribution in [2.45, 2.75) is 52.5 Å². The lowest BCUT2D eigenvalue weighted by Gasteiger charge is -2.18. The van der Waals surface area contributed by atoms with Crippen LogP contribution in [-0.4, -0.2) is 17.0 Å². The SMILES string of the molecule is CCc1cc(Oc2cc(C)cc(C(C)NC(=O)c3ccc(C(F)F)cc3Cl)c2)ccc1CCC(=O)O. The molecular formula is C28H28ClF2NO4. The van der Waals surface area contributed by atoms with E-state index in [0.29, 0.717) is 17.9 Å². The molecule has 1 atom stereocenters. The van der Waals surface area contributed by atoms with E-state index in [2.05, 4.69) is 5.32 Å². The zero-order chi connectivity index (χ0) is 26.4. The van der Waals surface area contributed by atoms with Crippen LogP contribution >= 0.6 is 11.6 Å². The quantitative estimate of drug-likeness (QED) is 0.294. The minimum atomic E-state index is -2.67. The average Bonchev–Trinajstić information content (AvgIpc) is 2.82.